The summed E-state index contributed by atoms with van der Waals surface area (Å²) < 4.78 is 7.77. The van der Waals surface area contributed by atoms with Gasteiger partial charge < -0.3 is 24.6 Å². The van der Waals surface area contributed by atoms with Gasteiger partial charge in [0.2, 0.25) is 5.95 Å². The highest BCUT2D eigenvalue weighted by atomic mass is 35.5. The number of anilines is 1. The van der Waals surface area contributed by atoms with E-state index in [1.807, 2.05) is 51.1 Å². The van der Waals surface area contributed by atoms with E-state index in [2.05, 4.69) is 14.9 Å². The maximum Gasteiger partial charge on any atom is 0.410 e. The first-order valence-corrected chi connectivity index (χ1v) is 14.1. The standard InChI is InChI=1S/C30H33Cl2N5O3/c1-30(2,3)40-29(39)36-12-6-8-20(17-36)18-37-25(26-23(31)10-5-11-24(26)32)14-21-16-34-28(35-27(21)37)33-15-19-7-4-9-22(38)13-19/h4-5,7,9-11,13-14,16,20,38H,6,8,12,15,17-18H2,1-3H3,(H,33,34,35)/t20-/m0/s1. The summed E-state index contributed by atoms with van der Waals surface area (Å²) in [6.45, 7) is 7.96. The number of ether oxygens (including phenoxy) is 1. The maximum absolute atomic E-state index is 12.8. The average molecular weight is 583 g/mol. The molecule has 5 rings (SSSR count). The Labute approximate surface area is 243 Å². The van der Waals surface area contributed by atoms with Crippen LogP contribution in [0.15, 0.2) is 54.7 Å². The summed E-state index contributed by atoms with van der Waals surface area (Å²) in [4.78, 5) is 24.0. The first kappa shape index (κ1) is 28.1. The number of halogens is 2. The van der Waals surface area contributed by atoms with Crippen molar-refractivity contribution < 1.29 is 14.6 Å². The number of aromatic hydroxyl groups is 1. The van der Waals surface area contributed by atoms with Crippen molar-refractivity contribution >= 4 is 46.3 Å². The molecule has 40 heavy (non-hydrogen) atoms. The number of fused-ring (bicyclic) bond motifs is 1. The van der Waals surface area contributed by atoms with E-state index >= 15 is 0 Å². The van der Waals surface area contributed by atoms with Crippen LogP contribution in [0.2, 0.25) is 10.0 Å². The minimum Gasteiger partial charge on any atom is -0.508 e. The molecule has 0 unspecified atom stereocenters. The van der Waals surface area contributed by atoms with Crippen LogP contribution >= 0.6 is 23.2 Å². The molecule has 0 radical (unpaired) electrons. The Morgan fingerprint density at radius 1 is 1.15 bits per heavy atom. The largest absolute Gasteiger partial charge is 0.508 e. The van der Waals surface area contributed by atoms with Gasteiger partial charge in [-0.3, -0.25) is 0 Å². The number of benzene rings is 2. The number of likely N-dealkylation sites (tertiary alicyclic amines) is 1. The van der Waals surface area contributed by atoms with Gasteiger partial charge in [-0.05, 0) is 75.4 Å². The molecule has 3 heterocycles. The lowest BCUT2D eigenvalue weighted by molar-refractivity contribution is 0.0158. The Morgan fingerprint density at radius 2 is 1.90 bits per heavy atom. The van der Waals surface area contributed by atoms with Crippen molar-refractivity contribution in [3.63, 3.8) is 0 Å². The Balaban J connectivity index is 1.48. The molecule has 8 nitrogen and oxygen atoms in total. The van der Waals surface area contributed by atoms with E-state index < -0.39 is 5.60 Å². The lowest BCUT2D eigenvalue weighted by Gasteiger charge is -2.34. The number of phenols is 1. The second-order valence-corrected chi connectivity index (χ2v) is 12.0. The quantitative estimate of drug-likeness (QED) is 0.247. The lowest BCUT2D eigenvalue weighted by Crippen LogP contribution is -2.43. The van der Waals surface area contributed by atoms with Crippen molar-refractivity contribution in [2.75, 3.05) is 18.4 Å². The SMILES string of the molecule is CC(C)(C)OC(=O)N1CCC[C@H](Cn2c(-c3c(Cl)cccc3Cl)cc3cnc(NCc4cccc(O)c4)nc32)C1. The molecule has 0 saturated carbocycles. The Bertz CT molecular complexity index is 1510. The third kappa shape index (κ3) is 6.45. The molecule has 1 saturated heterocycles. The molecule has 10 heteroatoms. The first-order valence-electron chi connectivity index (χ1n) is 13.4. The molecule has 1 aliphatic heterocycles. The van der Waals surface area contributed by atoms with Crippen LogP contribution in [0.25, 0.3) is 22.3 Å². The van der Waals surface area contributed by atoms with E-state index in [1.54, 1.807) is 29.3 Å². The molecule has 2 aromatic carbocycles. The van der Waals surface area contributed by atoms with Crippen LogP contribution in [0.1, 0.15) is 39.2 Å². The number of hydrogen-bond donors (Lipinski definition) is 2. The van der Waals surface area contributed by atoms with Crippen molar-refractivity contribution in [1.82, 2.24) is 19.4 Å². The minimum absolute atomic E-state index is 0.176. The van der Waals surface area contributed by atoms with E-state index in [1.165, 1.54) is 0 Å². The van der Waals surface area contributed by atoms with Gasteiger partial charge >= 0.3 is 6.09 Å². The molecular formula is C30H33Cl2N5O3. The molecule has 1 atom stereocenters. The number of rotatable bonds is 6. The molecule has 4 aromatic rings. The zero-order chi connectivity index (χ0) is 28.4. The van der Waals surface area contributed by atoms with Gasteiger partial charge in [-0.1, -0.05) is 41.4 Å². The van der Waals surface area contributed by atoms with Crippen LogP contribution in [-0.4, -0.2) is 49.3 Å². The van der Waals surface area contributed by atoms with Gasteiger partial charge in [-0.2, -0.15) is 4.98 Å². The summed E-state index contributed by atoms with van der Waals surface area (Å²) in [6.07, 6.45) is 3.34. The van der Waals surface area contributed by atoms with Crippen molar-refractivity contribution in [2.45, 2.75) is 52.3 Å². The monoisotopic (exact) mass is 581 g/mol. The van der Waals surface area contributed by atoms with Crippen LogP contribution in [0, 0.1) is 5.92 Å². The summed E-state index contributed by atoms with van der Waals surface area (Å²) in [6, 6.07) is 14.5. The molecule has 1 fully saturated rings. The van der Waals surface area contributed by atoms with Gasteiger partial charge in [0.15, 0.2) is 0 Å². The van der Waals surface area contributed by atoms with Crippen LogP contribution < -0.4 is 5.32 Å². The number of carbonyl (C=O) groups excluding carboxylic acids is 1. The molecule has 2 aromatic heterocycles. The van der Waals surface area contributed by atoms with Gasteiger partial charge in [0.05, 0.1) is 15.7 Å². The van der Waals surface area contributed by atoms with Crippen molar-refractivity contribution in [2.24, 2.45) is 5.92 Å². The van der Waals surface area contributed by atoms with Crippen molar-refractivity contribution in [3.8, 4) is 17.0 Å². The molecule has 1 amide bonds. The second kappa shape index (κ2) is 11.6. The van der Waals surface area contributed by atoms with Crippen molar-refractivity contribution in [3.05, 3.63) is 70.3 Å². The molecule has 2 N–H and O–H groups in total. The predicted molar refractivity (Wildman–Crippen MR) is 159 cm³/mol. The molecule has 0 aliphatic carbocycles. The highest BCUT2D eigenvalue weighted by molar-refractivity contribution is 6.39. The van der Waals surface area contributed by atoms with Gasteiger partial charge in [0.1, 0.15) is 17.0 Å². The lowest BCUT2D eigenvalue weighted by atomic mass is 9.98. The smallest absolute Gasteiger partial charge is 0.410 e. The molecule has 0 spiro atoms. The third-order valence-electron chi connectivity index (χ3n) is 6.83. The third-order valence-corrected chi connectivity index (χ3v) is 7.46. The fourth-order valence-electron chi connectivity index (χ4n) is 5.07. The van der Waals surface area contributed by atoms with E-state index in [4.69, 9.17) is 32.9 Å². The average Bonchev–Trinajstić information content (AvgIpc) is 3.23. The number of piperidine rings is 1. The normalized spacial score (nSPS) is 15.8. The molecule has 1 aliphatic rings. The molecular weight excluding hydrogens is 549 g/mol. The predicted octanol–water partition coefficient (Wildman–Crippen LogP) is 7.37. The zero-order valence-corrected chi connectivity index (χ0v) is 24.3. The van der Waals surface area contributed by atoms with E-state index in [0.29, 0.717) is 42.2 Å². The van der Waals surface area contributed by atoms with Crippen LogP contribution in [0.4, 0.5) is 10.7 Å². The number of nitrogens with one attached hydrogen (secondary N) is 1. The Hall–Kier alpha value is -3.49. The van der Waals surface area contributed by atoms with Crippen molar-refractivity contribution in [1.29, 1.82) is 0 Å². The fourth-order valence-corrected chi connectivity index (χ4v) is 5.66. The van der Waals surface area contributed by atoms with Gasteiger partial charge in [0, 0.05) is 43.3 Å². The first-order chi connectivity index (χ1) is 19.1. The number of aromatic nitrogens is 3. The second-order valence-electron chi connectivity index (χ2n) is 11.2. The summed E-state index contributed by atoms with van der Waals surface area (Å²) in [5.41, 5.74) is 2.69. The summed E-state index contributed by atoms with van der Waals surface area (Å²) in [7, 11) is 0. The number of phenolic OH excluding ortho intramolecular Hbond substituents is 1. The van der Waals surface area contributed by atoms with Crippen LogP contribution in [-0.2, 0) is 17.8 Å². The highest BCUT2D eigenvalue weighted by Crippen LogP contribution is 2.38. The number of amides is 1. The summed E-state index contributed by atoms with van der Waals surface area (Å²) >= 11 is 13.3. The summed E-state index contributed by atoms with van der Waals surface area (Å²) in [5.74, 6) is 0.847. The van der Waals surface area contributed by atoms with Crippen LogP contribution in [0.5, 0.6) is 5.75 Å². The van der Waals surface area contributed by atoms with Gasteiger partial charge in [-0.15, -0.1) is 0 Å². The van der Waals surface area contributed by atoms with E-state index in [-0.39, 0.29) is 17.8 Å². The highest BCUT2D eigenvalue weighted by Gasteiger charge is 2.29. The number of nitrogens with zero attached hydrogens (tertiary/aromatic N) is 4. The zero-order valence-electron chi connectivity index (χ0n) is 22.8. The number of hydrogen-bond acceptors (Lipinski definition) is 6. The Kier molecular flexibility index (Phi) is 8.10. The Morgan fingerprint density at radius 3 is 2.62 bits per heavy atom. The molecule has 0 bridgehead atoms. The summed E-state index contributed by atoms with van der Waals surface area (Å²) in [5, 5.41) is 15.0. The number of carbonyl (C=O) groups is 1. The van der Waals surface area contributed by atoms with E-state index in [9.17, 15) is 9.90 Å². The van der Waals surface area contributed by atoms with Gasteiger partial charge in [-0.25, -0.2) is 9.78 Å². The minimum atomic E-state index is -0.548. The maximum atomic E-state index is 12.8. The fraction of sp³-hybridized carbons (Fsp3) is 0.367. The molecule has 210 valence electrons. The van der Waals surface area contributed by atoms with Crippen LogP contribution in [0.3, 0.4) is 0 Å². The van der Waals surface area contributed by atoms with E-state index in [0.717, 1.165) is 40.7 Å². The topological polar surface area (TPSA) is 92.5 Å². The van der Waals surface area contributed by atoms with Gasteiger partial charge in [0.25, 0.3) is 0 Å².